The Hall–Kier alpha value is -2.66. The van der Waals surface area contributed by atoms with Crippen LogP contribution in [-0.2, 0) is 27.2 Å². The van der Waals surface area contributed by atoms with E-state index in [9.17, 15) is 9.59 Å². The van der Waals surface area contributed by atoms with Gasteiger partial charge in [0.2, 0.25) is 11.8 Å². The molecule has 5 nitrogen and oxygen atoms in total. The van der Waals surface area contributed by atoms with Crippen LogP contribution in [0.15, 0.2) is 48.5 Å². The Morgan fingerprint density at radius 2 is 1.89 bits per heavy atom. The minimum absolute atomic E-state index is 0.0781. The first kappa shape index (κ1) is 19.1. The average Bonchev–Trinajstić information content (AvgIpc) is 2.69. The molecule has 1 atom stereocenters. The molecule has 1 aliphatic heterocycles. The van der Waals surface area contributed by atoms with Crippen LogP contribution in [0.2, 0.25) is 0 Å². The second-order valence-electron chi connectivity index (χ2n) is 7.00. The standard InChI is InChI=1S/C22H26N2O3/c1-16(15-27-2)22(26)23-19-11-9-17(10-12-19)14-21(25)24-13-5-7-18-6-3-4-8-20(18)24/h3-4,6,8-12,16H,5,7,13-15H2,1-2H3,(H,23,26). The van der Waals surface area contributed by atoms with Crippen molar-refractivity contribution in [2.45, 2.75) is 26.2 Å². The lowest BCUT2D eigenvalue weighted by Gasteiger charge is -2.29. The molecular formula is C22H26N2O3. The molecule has 0 saturated carbocycles. The lowest BCUT2D eigenvalue weighted by atomic mass is 10.0. The van der Waals surface area contributed by atoms with Gasteiger partial charge in [0.15, 0.2) is 0 Å². The van der Waals surface area contributed by atoms with E-state index in [1.807, 2.05) is 54.3 Å². The number of hydrogen-bond donors (Lipinski definition) is 1. The van der Waals surface area contributed by atoms with E-state index < -0.39 is 0 Å². The molecular weight excluding hydrogens is 340 g/mol. The number of carbonyl (C=O) groups excluding carboxylic acids is 2. The van der Waals surface area contributed by atoms with Gasteiger partial charge in [0.25, 0.3) is 0 Å². The second kappa shape index (κ2) is 8.82. The number of fused-ring (bicyclic) bond motifs is 1. The van der Waals surface area contributed by atoms with Crippen LogP contribution in [-0.4, -0.2) is 32.1 Å². The van der Waals surface area contributed by atoms with Gasteiger partial charge in [-0.05, 0) is 42.2 Å². The zero-order chi connectivity index (χ0) is 19.2. The van der Waals surface area contributed by atoms with Gasteiger partial charge in [0.1, 0.15) is 0 Å². The van der Waals surface area contributed by atoms with Crippen molar-refractivity contribution < 1.29 is 14.3 Å². The number of ether oxygens (including phenoxy) is 1. The Morgan fingerprint density at radius 3 is 2.63 bits per heavy atom. The summed E-state index contributed by atoms with van der Waals surface area (Å²) in [5.74, 6) is -0.186. The number of amides is 2. The van der Waals surface area contributed by atoms with E-state index in [0.29, 0.717) is 13.0 Å². The van der Waals surface area contributed by atoms with E-state index in [1.165, 1.54) is 5.56 Å². The minimum Gasteiger partial charge on any atom is -0.384 e. The first-order chi connectivity index (χ1) is 13.1. The van der Waals surface area contributed by atoms with Crippen LogP contribution in [0.25, 0.3) is 0 Å². The van der Waals surface area contributed by atoms with E-state index in [0.717, 1.165) is 36.3 Å². The Bertz CT molecular complexity index is 801. The van der Waals surface area contributed by atoms with Crippen molar-refractivity contribution in [3.8, 4) is 0 Å². The van der Waals surface area contributed by atoms with Crippen molar-refractivity contribution in [1.29, 1.82) is 0 Å². The smallest absolute Gasteiger partial charge is 0.231 e. The van der Waals surface area contributed by atoms with Crippen LogP contribution in [0.1, 0.15) is 24.5 Å². The normalized spacial score (nSPS) is 14.4. The summed E-state index contributed by atoms with van der Waals surface area (Å²) in [6.07, 6.45) is 2.37. The first-order valence-corrected chi connectivity index (χ1v) is 9.35. The van der Waals surface area contributed by atoms with Crippen LogP contribution >= 0.6 is 0 Å². The number of anilines is 2. The Kier molecular flexibility index (Phi) is 6.24. The van der Waals surface area contributed by atoms with Crippen LogP contribution in [0, 0.1) is 5.92 Å². The Labute approximate surface area is 160 Å². The number of para-hydroxylation sites is 1. The lowest BCUT2D eigenvalue weighted by molar-refractivity contribution is -0.121. The molecule has 2 aromatic carbocycles. The summed E-state index contributed by atoms with van der Waals surface area (Å²) in [6, 6.07) is 15.6. The van der Waals surface area contributed by atoms with Crippen LogP contribution in [0.3, 0.4) is 0 Å². The van der Waals surface area contributed by atoms with Crippen LogP contribution < -0.4 is 10.2 Å². The van der Waals surface area contributed by atoms with Gasteiger partial charge < -0.3 is 15.0 Å². The predicted molar refractivity (Wildman–Crippen MR) is 107 cm³/mol. The zero-order valence-electron chi connectivity index (χ0n) is 15.9. The number of nitrogens with one attached hydrogen (secondary N) is 1. The van der Waals surface area contributed by atoms with E-state index in [-0.39, 0.29) is 17.7 Å². The van der Waals surface area contributed by atoms with Gasteiger partial charge in [-0.2, -0.15) is 0 Å². The van der Waals surface area contributed by atoms with Crippen molar-refractivity contribution in [1.82, 2.24) is 0 Å². The highest BCUT2D eigenvalue weighted by Gasteiger charge is 2.22. The van der Waals surface area contributed by atoms with E-state index >= 15 is 0 Å². The average molecular weight is 366 g/mol. The zero-order valence-corrected chi connectivity index (χ0v) is 15.9. The third-order valence-corrected chi connectivity index (χ3v) is 4.85. The molecule has 1 unspecified atom stereocenters. The van der Waals surface area contributed by atoms with E-state index in [1.54, 1.807) is 7.11 Å². The van der Waals surface area contributed by atoms with Gasteiger partial charge in [-0.25, -0.2) is 0 Å². The quantitative estimate of drug-likeness (QED) is 0.852. The molecule has 3 rings (SSSR count). The number of nitrogens with zero attached hydrogens (tertiary/aromatic N) is 1. The van der Waals surface area contributed by atoms with Crippen LogP contribution in [0.5, 0.6) is 0 Å². The Balaban J connectivity index is 1.62. The lowest BCUT2D eigenvalue weighted by Crippen LogP contribution is -2.36. The maximum Gasteiger partial charge on any atom is 0.231 e. The number of carbonyl (C=O) groups is 2. The van der Waals surface area contributed by atoms with E-state index in [4.69, 9.17) is 4.74 Å². The summed E-state index contributed by atoms with van der Waals surface area (Å²) >= 11 is 0. The Morgan fingerprint density at radius 1 is 1.15 bits per heavy atom. The fourth-order valence-electron chi connectivity index (χ4n) is 3.36. The molecule has 1 N–H and O–H groups in total. The van der Waals surface area contributed by atoms with Gasteiger partial charge in [-0.3, -0.25) is 9.59 Å². The van der Waals surface area contributed by atoms with Crippen molar-refractivity contribution in [2.75, 3.05) is 30.5 Å². The summed E-state index contributed by atoms with van der Waals surface area (Å²) in [7, 11) is 1.58. The molecule has 0 saturated heterocycles. The molecule has 2 amide bonds. The molecule has 1 heterocycles. The number of hydrogen-bond acceptors (Lipinski definition) is 3. The SMILES string of the molecule is COCC(C)C(=O)Nc1ccc(CC(=O)N2CCCc3ccccc32)cc1. The van der Waals surface area contributed by atoms with E-state index in [2.05, 4.69) is 11.4 Å². The number of benzene rings is 2. The second-order valence-corrected chi connectivity index (χ2v) is 7.00. The van der Waals surface area contributed by atoms with Gasteiger partial charge >= 0.3 is 0 Å². The number of methoxy groups -OCH3 is 1. The highest BCUT2D eigenvalue weighted by molar-refractivity contribution is 5.96. The molecule has 5 heteroatoms. The van der Waals surface area contributed by atoms with Gasteiger partial charge in [0.05, 0.1) is 18.9 Å². The van der Waals surface area contributed by atoms with Crippen LogP contribution in [0.4, 0.5) is 11.4 Å². The van der Waals surface area contributed by atoms with Gasteiger partial charge in [-0.1, -0.05) is 37.3 Å². The minimum atomic E-state index is -0.213. The van der Waals surface area contributed by atoms with Gasteiger partial charge in [0, 0.05) is 25.0 Å². The topological polar surface area (TPSA) is 58.6 Å². The molecule has 142 valence electrons. The number of rotatable bonds is 6. The first-order valence-electron chi connectivity index (χ1n) is 9.35. The third kappa shape index (κ3) is 4.74. The molecule has 2 aromatic rings. The molecule has 0 radical (unpaired) electrons. The maximum atomic E-state index is 12.8. The molecule has 27 heavy (non-hydrogen) atoms. The fraction of sp³-hybridized carbons (Fsp3) is 0.364. The highest BCUT2D eigenvalue weighted by atomic mass is 16.5. The molecule has 0 fully saturated rings. The van der Waals surface area contributed by atoms with Crippen molar-refractivity contribution in [2.24, 2.45) is 5.92 Å². The summed E-state index contributed by atoms with van der Waals surface area (Å²) in [5, 5.41) is 2.87. The summed E-state index contributed by atoms with van der Waals surface area (Å²) < 4.78 is 5.00. The molecule has 0 spiro atoms. The monoisotopic (exact) mass is 366 g/mol. The predicted octanol–water partition coefficient (Wildman–Crippen LogP) is 3.43. The molecule has 1 aliphatic rings. The molecule has 0 bridgehead atoms. The van der Waals surface area contributed by atoms with Crippen molar-refractivity contribution in [3.63, 3.8) is 0 Å². The fourth-order valence-corrected chi connectivity index (χ4v) is 3.36. The third-order valence-electron chi connectivity index (χ3n) is 4.85. The summed E-state index contributed by atoms with van der Waals surface area (Å²) in [5.41, 5.74) is 3.93. The maximum absolute atomic E-state index is 12.8. The van der Waals surface area contributed by atoms with Crippen molar-refractivity contribution in [3.05, 3.63) is 59.7 Å². The highest BCUT2D eigenvalue weighted by Crippen LogP contribution is 2.27. The van der Waals surface area contributed by atoms with Gasteiger partial charge in [-0.15, -0.1) is 0 Å². The molecule has 0 aliphatic carbocycles. The van der Waals surface area contributed by atoms with Crippen molar-refractivity contribution >= 4 is 23.2 Å². The largest absolute Gasteiger partial charge is 0.384 e. The number of aryl methyl sites for hydroxylation is 1. The molecule has 0 aromatic heterocycles. The summed E-state index contributed by atoms with van der Waals surface area (Å²) in [4.78, 5) is 26.7. The summed E-state index contributed by atoms with van der Waals surface area (Å²) in [6.45, 7) is 2.97.